The van der Waals surface area contributed by atoms with Crippen LogP contribution in [-0.2, 0) is 6.54 Å². The second-order valence-electron chi connectivity index (χ2n) is 8.93. The van der Waals surface area contributed by atoms with E-state index in [-0.39, 0.29) is 24.0 Å². The number of rotatable bonds is 2. The number of benzene rings is 1. The zero-order valence-electron chi connectivity index (χ0n) is 18.1. The number of halogens is 2. The average molecular weight is 477 g/mol. The molecule has 0 bridgehead atoms. The van der Waals surface area contributed by atoms with Gasteiger partial charge in [0.1, 0.15) is 0 Å². The first-order chi connectivity index (χ1) is 15.3. The Morgan fingerprint density at radius 2 is 1.97 bits per heavy atom. The highest BCUT2D eigenvalue weighted by Crippen LogP contribution is 2.37. The Kier molecular flexibility index (Phi) is 5.55. The summed E-state index contributed by atoms with van der Waals surface area (Å²) in [6.07, 6.45) is 2.36. The van der Waals surface area contributed by atoms with Crippen LogP contribution >= 0.6 is 23.2 Å². The molecule has 0 saturated carbocycles. The van der Waals surface area contributed by atoms with Crippen molar-refractivity contribution in [2.75, 3.05) is 25.0 Å². The van der Waals surface area contributed by atoms with Crippen molar-refractivity contribution >= 4 is 41.0 Å². The van der Waals surface area contributed by atoms with Gasteiger partial charge in [-0.05, 0) is 51.4 Å². The lowest BCUT2D eigenvalue weighted by molar-refractivity contribution is 0.0580. The van der Waals surface area contributed by atoms with Crippen molar-refractivity contribution in [3.63, 3.8) is 0 Å². The molecule has 3 aliphatic heterocycles. The molecular formula is C22H26Cl2N6O2. The smallest absolute Gasteiger partial charge is 0.319 e. The van der Waals surface area contributed by atoms with Gasteiger partial charge in [0.2, 0.25) is 0 Å². The highest BCUT2D eigenvalue weighted by molar-refractivity contribution is 6.42. The van der Waals surface area contributed by atoms with Crippen molar-refractivity contribution in [1.82, 2.24) is 24.9 Å². The van der Waals surface area contributed by atoms with Crippen LogP contribution in [0.2, 0.25) is 10.0 Å². The summed E-state index contributed by atoms with van der Waals surface area (Å²) in [7, 11) is 0. The summed E-state index contributed by atoms with van der Waals surface area (Å²) in [5, 5.41) is 10.8. The van der Waals surface area contributed by atoms with Crippen LogP contribution in [-0.4, -0.2) is 68.6 Å². The van der Waals surface area contributed by atoms with Crippen LogP contribution in [0.15, 0.2) is 18.2 Å². The summed E-state index contributed by atoms with van der Waals surface area (Å²) in [6.45, 7) is 7.35. The molecule has 0 radical (unpaired) electrons. The Labute approximate surface area is 196 Å². The number of fused-ring (bicyclic) bond motifs is 2. The molecule has 3 atom stereocenters. The molecule has 1 aromatic carbocycles. The molecule has 2 aromatic rings. The van der Waals surface area contributed by atoms with Gasteiger partial charge in [-0.25, -0.2) is 4.79 Å². The number of aromatic nitrogens is 2. The highest BCUT2D eigenvalue weighted by Gasteiger charge is 2.42. The quantitative estimate of drug-likeness (QED) is 0.681. The lowest BCUT2D eigenvalue weighted by Crippen LogP contribution is -2.59. The van der Waals surface area contributed by atoms with E-state index >= 15 is 0 Å². The Morgan fingerprint density at radius 1 is 1.16 bits per heavy atom. The first kappa shape index (κ1) is 21.6. The zero-order valence-corrected chi connectivity index (χ0v) is 19.6. The molecule has 32 heavy (non-hydrogen) atoms. The highest BCUT2D eigenvalue weighted by atomic mass is 35.5. The van der Waals surface area contributed by atoms with Crippen LogP contribution in [0.3, 0.4) is 0 Å². The van der Waals surface area contributed by atoms with Gasteiger partial charge in [-0.2, -0.15) is 5.10 Å². The van der Waals surface area contributed by atoms with Crippen LogP contribution in [0.1, 0.15) is 54.3 Å². The number of nitrogens with one attached hydrogen (secondary N) is 2. The molecule has 0 aliphatic carbocycles. The van der Waals surface area contributed by atoms with E-state index in [4.69, 9.17) is 23.2 Å². The van der Waals surface area contributed by atoms with Gasteiger partial charge < -0.3 is 15.1 Å². The number of hydrogen-bond acceptors (Lipinski definition) is 4. The largest absolute Gasteiger partial charge is 0.321 e. The van der Waals surface area contributed by atoms with E-state index in [2.05, 4.69) is 27.3 Å². The predicted octanol–water partition coefficient (Wildman–Crippen LogP) is 4.13. The molecule has 3 aliphatic rings. The fourth-order valence-corrected chi connectivity index (χ4v) is 5.42. The average Bonchev–Trinajstić information content (AvgIpc) is 3.46. The first-order valence-corrected chi connectivity index (χ1v) is 11.7. The van der Waals surface area contributed by atoms with Crippen molar-refractivity contribution in [2.45, 2.75) is 51.4 Å². The van der Waals surface area contributed by atoms with Crippen LogP contribution in [0.5, 0.6) is 0 Å². The minimum absolute atomic E-state index is 0.0444. The maximum Gasteiger partial charge on any atom is 0.321 e. The van der Waals surface area contributed by atoms with Crippen molar-refractivity contribution in [1.29, 1.82) is 0 Å². The number of hydrogen-bond donors (Lipinski definition) is 2. The molecule has 1 aromatic heterocycles. The summed E-state index contributed by atoms with van der Waals surface area (Å²) in [5.74, 6) is 0.105. The van der Waals surface area contributed by atoms with Gasteiger partial charge in [-0.1, -0.05) is 23.2 Å². The maximum atomic E-state index is 13.5. The molecular weight excluding hydrogens is 451 g/mol. The van der Waals surface area contributed by atoms with Gasteiger partial charge in [-0.15, -0.1) is 0 Å². The standard InChI is InChI=1S/C22H26Cl2N6O2/c1-12-9-28-7-3-4-15(28)10-29(12)22(32)30-11-16-19(13(30)2)26-27-20(16)25-21(31)14-5-6-17(23)18(24)8-14/h5-6,8,12-13,15H,3-4,7,9-11H2,1-2H3,(H2,25,26,27,31)/t12-,13?,15-/m0/s1. The molecule has 3 amide bonds. The number of H-pyrrole nitrogens is 1. The van der Waals surface area contributed by atoms with Crippen LogP contribution in [0.25, 0.3) is 0 Å². The number of nitrogens with zero attached hydrogens (tertiary/aromatic N) is 4. The van der Waals surface area contributed by atoms with Crippen molar-refractivity contribution in [3.05, 3.63) is 45.1 Å². The van der Waals surface area contributed by atoms with Gasteiger partial charge in [0.25, 0.3) is 5.91 Å². The van der Waals surface area contributed by atoms with Crippen molar-refractivity contribution < 1.29 is 9.59 Å². The molecule has 0 spiro atoms. The number of piperazine rings is 1. The topological polar surface area (TPSA) is 84.6 Å². The molecule has 8 nitrogen and oxygen atoms in total. The van der Waals surface area contributed by atoms with E-state index in [0.717, 1.165) is 37.3 Å². The van der Waals surface area contributed by atoms with E-state index < -0.39 is 0 Å². The number of carbonyl (C=O) groups is 2. The third-order valence-electron chi connectivity index (χ3n) is 6.96. The van der Waals surface area contributed by atoms with E-state index in [1.165, 1.54) is 12.5 Å². The van der Waals surface area contributed by atoms with Crippen LogP contribution in [0.4, 0.5) is 10.6 Å². The van der Waals surface area contributed by atoms with Gasteiger partial charge in [-0.3, -0.25) is 14.8 Å². The van der Waals surface area contributed by atoms with Crippen LogP contribution in [0, 0.1) is 0 Å². The van der Waals surface area contributed by atoms with E-state index in [1.807, 2.05) is 16.7 Å². The fraction of sp³-hybridized carbons (Fsp3) is 0.500. The number of urea groups is 1. The summed E-state index contributed by atoms with van der Waals surface area (Å²) in [4.78, 5) is 32.6. The van der Waals surface area contributed by atoms with Crippen molar-refractivity contribution in [2.24, 2.45) is 0 Å². The van der Waals surface area contributed by atoms with E-state index in [1.54, 1.807) is 12.1 Å². The van der Waals surface area contributed by atoms with Gasteiger partial charge in [0, 0.05) is 36.3 Å². The Bertz CT molecular complexity index is 1070. The fourth-order valence-electron chi connectivity index (χ4n) is 5.12. The van der Waals surface area contributed by atoms with Gasteiger partial charge in [0.05, 0.1) is 28.3 Å². The second-order valence-corrected chi connectivity index (χ2v) is 9.74. The Balaban J connectivity index is 1.31. The molecule has 4 heterocycles. The predicted molar refractivity (Wildman–Crippen MR) is 123 cm³/mol. The molecule has 1 unspecified atom stereocenters. The number of carbonyl (C=O) groups excluding carboxylic acids is 2. The minimum atomic E-state index is -0.332. The lowest BCUT2D eigenvalue weighted by atomic mass is 10.1. The Morgan fingerprint density at radius 3 is 2.75 bits per heavy atom. The molecule has 5 rings (SSSR count). The second kappa shape index (κ2) is 8.24. The minimum Gasteiger partial charge on any atom is -0.319 e. The summed E-state index contributed by atoms with van der Waals surface area (Å²) < 4.78 is 0. The number of anilines is 1. The lowest BCUT2D eigenvalue weighted by Gasteiger charge is -2.44. The Hall–Kier alpha value is -2.29. The molecule has 170 valence electrons. The normalized spacial score (nSPS) is 25.1. The molecule has 2 N–H and O–H groups in total. The van der Waals surface area contributed by atoms with Gasteiger partial charge >= 0.3 is 6.03 Å². The maximum absolute atomic E-state index is 13.5. The third-order valence-corrected chi connectivity index (χ3v) is 7.69. The molecule has 2 saturated heterocycles. The monoisotopic (exact) mass is 476 g/mol. The molecule has 10 heteroatoms. The van der Waals surface area contributed by atoms with E-state index in [0.29, 0.717) is 34.0 Å². The summed E-state index contributed by atoms with van der Waals surface area (Å²) >= 11 is 12.0. The zero-order chi connectivity index (χ0) is 22.6. The van der Waals surface area contributed by atoms with Crippen LogP contribution < -0.4 is 5.32 Å². The number of aromatic amines is 1. The van der Waals surface area contributed by atoms with E-state index in [9.17, 15) is 9.59 Å². The summed E-state index contributed by atoms with van der Waals surface area (Å²) in [6, 6.07) is 5.26. The van der Waals surface area contributed by atoms with Gasteiger partial charge in [0.15, 0.2) is 5.82 Å². The SMILES string of the molecule is CC1c2[nH]nc(NC(=O)c3ccc(Cl)c(Cl)c3)c2CN1C(=O)N1C[C@@H]2CCCN2C[C@@H]1C. The molecule has 2 fully saturated rings. The number of amides is 3. The third kappa shape index (κ3) is 3.64. The first-order valence-electron chi connectivity index (χ1n) is 11.0. The summed E-state index contributed by atoms with van der Waals surface area (Å²) in [5.41, 5.74) is 2.08. The van der Waals surface area contributed by atoms with Crippen molar-refractivity contribution in [3.8, 4) is 0 Å².